The van der Waals surface area contributed by atoms with Crippen LogP contribution in [0.5, 0.6) is 5.75 Å². The second kappa shape index (κ2) is 7.85. The molecule has 0 aliphatic rings. The lowest BCUT2D eigenvalue weighted by Crippen LogP contribution is -2.24. The Hall–Kier alpha value is -1.11. The molecule has 0 heterocycles. The predicted octanol–water partition coefficient (Wildman–Crippen LogP) is 4.03. The summed E-state index contributed by atoms with van der Waals surface area (Å²) in [5, 5.41) is 0. The van der Waals surface area contributed by atoms with E-state index in [1.807, 2.05) is 12.1 Å². The molecule has 0 aliphatic heterocycles. The minimum atomic E-state index is -4.16. The van der Waals surface area contributed by atoms with Crippen molar-refractivity contribution in [1.82, 2.24) is 0 Å². The fourth-order valence-corrected chi connectivity index (χ4v) is 3.16. The van der Waals surface area contributed by atoms with Crippen LogP contribution in [0.1, 0.15) is 53.5 Å². The van der Waals surface area contributed by atoms with Crippen LogP contribution in [0.4, 0.5) is 0 Å². The number of benzene rings is 1. The molecule has 0 saturated heterocycles. The van der Waals surface area contributed by atoms with Crippen LogP contribution in [0.25, 0.3) is 0 Å². The van der Waals surface area contributed by atoms with Gasteiger partial charge in [0.25, 0.3) is 10.1 Å². The fraction of sp³-hybridized carbons (Fsp3) is 0.667. The zero-order valence-corrected chi connectivity index (χ0v) is 16.3. The van der Waals surface area contributed by atoms with Crippen molar-refractivity contribution in [2.24, 2.45) is 5.41 Å². The molecule has 0 bridgehead atoms. The molecule has 6 heteroatoms. The Morgan fingerprint density at radius 2 is 1.58 bits per heavy atom. The molecular formula is C18H30O5S. The topological polar surface area (TPSA) is 72.8 Å². The first-order valence-electron chi connectivity index (χ1n) is 8.12. The first kappa shape index (κ1) is 20.9. The predicted molar refractivity (Wildman–Crippen MR) is 96.0 cm³/mol. The Balaban J connectivity index is 2.54. The monoisotopic (exact) mass is 358 g/mol. The zero-order chi connectivity index (χ0) is 18.6. The fourth-order valence-electron chi connectivity index (χ4n) is 2.89. The SMILES string of the molecule is CC(OCCOc1ccc(C(C)(C)CC(C)(C)C)cc1)S(=O)(=O)O. The van der Waals surface area contributed by atoms with Crippen molar-refractivity contribution in [2.75, 3.05) is 13.2 Å². The molecule has 24 heavy (non-hydrogen) atoms. The minimum absolute atomic E-state index is 0.0742. The molecule has 1 unspecified atom stereocenters. The van der Waals surface area contributed by atoms with Gasteiger partial charge in [-0.25, -0.2) is 0 Å². The summed E-state index contributed by atoms with van der Waals surface area (Å²) in [5.41, 5.74) is 0.326. The van der Waals surface area contributed by atoms with Crippen LogP contribution >= 0.6 is 0 Å². The van der Waals surface area contributed by atoms with Gasteiger partial charge in [-0.2, -0.15) is 8.42 Å². The Labute approximate surface area is 146 Å². The molecule has 1 N–H and O–H groups in total. The Kier molecular flexibility index (Phi) is 6.84. The third-order valence-electron chi connectivity index (χ3n) is 3.73. The minimum Gasteiger partial charge on any atom is -0.491 e. The van der Waals surface area contributed by atoms with Gasteiger partial charge in [0, 0.05) is 0 Å². The highest BCUT2D eigenvalue weighted by atomic mass is 32.2. The summed E-state index contributed by atoms with van der Waals surface area (Å²) in [7, 11) is -4.16. The van der Waals surface area contributed by atoms with Crippen LogP contribution < -0.4 is 4.74 Å². The van der Waals surface area contributed by atoms with E-state index in [0.717, 1.165) is 6.42 Å². The van der Waals surface area contributed by atoms with Gasteiger partial charge in [0.15, 0.2) is 5.44 Å². The van der Waals surface area contributed by atoms with Gasteiger partial charge in [-0.1, -0.05) is 46.8 Å². The van der Waals surface area contributed by atoms with Crippen molar-refractivity contribution >= 4 is 10.1 Å². The molecule has 1 atom stereocenters. The lowest BCUT2D eigenvalue weighted by Gasteiger charge is -2.33. The van der Waals surface area contributed by atoms with Crippen molar-refractivity contribution < 1.29 is 22.4 Å². The maximum absolute atomic E-state index is 10.8. The van der Waals surface area contributed by atoms with Crippen molar-refractivity contribution in [2.45, 2.75) is 58.8 Å². The molecule has 0 radical (unpaired) electrons. The number of ether oxygens (including phenoxy) is 2. The van der Waals surface area contributed by atoms with Crippen molar-refractivity contribution in [3.8, 4) is 5.75 Å². The third kappa shape index (κ3) is 7.20. The highest BCUT2D eigenvalue weighted by Crippen LogP contribution is 2.36. The maximum Gasteiger partial charge on any atom is 0.291 e. The number of hydrogen-bond acceptors (Lipinski definition) is 4. The van der Waals surface area contributed by atoms with E-state index in [0.29, 0.717) is 5.75 Å². The number of rotatable bonds is 8. The van der Waals surface area contributed by atoms with Gasteiger partial charge < -0.3 is 9.47 Å². The van der Waals surface area contributed by atoms with E-state index in [1.54, 1.807) is 0 Å². The van der Waals surface area contributed by atoms with Gasteiger partial charge in [-0.15, -0.1) is 0 Å². The van der Waals surface area contributed by atoms with E-state index in [9.17, 15) is 8.42 Å². The Bertz CT molecular complexity index is 612. The second-order valence-electron chi connectivity index (χ2n) is 7.95. The normalized spacial score (nSPS) is 14.5. The van der Waals surface area contributed by atoms with Crippen molar-refractivity contribution in [3.63, 3.8) is 0 Å². The van der Waals surface area contributed by atoms with E-state index in [1.165, 1.54) is 12.5 Å². The van der Waals surface area contributed by atoms with Crippen molar-refractivity contribution in [1.29, 1.82) is 0 Å². The Morgan fingerprint density at radius 1 is 1.04 bits per heavy atom. The molecule has 0 aliphatic carbocycles. The summed E-state index contributed by atoms with van der Waals surface area (Å²) in [6.45, 7) is 12.8. The molecule has 1 rings (SSSR count). The van der Waals surface area contributed by atoms with Crippen LogP contribution in [-0.4, -0.2) is 31.6 Å². The first-order chi connectivity index (χ1) is 10.8. The molecule has 0 spiro atoms. The summed E-state index contributed by atoms with van der Waals surface area (Å²) >= 11 is 0. The highest BCUT2D eigenvalue weighted by molar-refractivity contribution is 7.86. The quantitative estimate of drug-likeness (QED) is 0.561. The molecule has 138 valence electrons. The van der Waals surface area contributed by atoms with Gasteiger partial charge in [0.05, 0.1) is 6.61 Å². The summed E-state index contributed by atoms with van der Waals surface area (Å²) in [5.74, 6) is 0.702. The van der Waals surface area contributed by atoms with Crippen LogP contribution in [0.2, 0.25) is 0 Å². The average Bonchev–Trinajstić information content (AvgIpc) is 2.40. The van der Waals surface area contributed by atoms with Gasteiger partial charge in [-0.05, 0) is 41.9 Å². The zero-order valence-electron chi connectivity index (χ0n) is 15.5. The summed E-state index contributed by atoms with van der Waals surface area (Å²) in [6, 6.07) is 7.93. The molecular weight excluding hydrogens is 328 g/mol. The number of hydrogen-bond donors (Lipinski definition) is 1. The van der Waals surface area contributed by atoms with Gasteiger partial charge in [0.1, 0.15) is 12.4 Å². The molecule has 5 nitrogen and oxygen atoms in total. The third-order valence-corrected chi connectivity index (χ3v) is 4.71. The van der Waals surface area contributed by atoms with Crippen LogP contribution in [-0.2, 0) is 20.3 Å². The summed E-state index contributed by atoms with van der Waals surface area (Å²) in [6.07, 6.45) is 1.07. The molecule has 0 aromatic heterocycles. The van der Waals surface area contributed by atoms with Crippen LogP contribution in [0.15, 0.2) is 24.3 Å². The Morgan fingerprint density at radius 3 is 2.04 bits per heavy atom. The average molecular weight is 358 g/mol. The molecule has 0 amide bonds. The van der Waals surface area contributed by atoms with Crippen molar-refractivity contribution in [3.05, 3.63) is 29.8 Å². The van der Waals surface area contributed by atoms with E-state index in [4.69, 9.17) is 14.0 Å². The lowest BCUT2D eigenvalue weighted by atomic mass is 9.72. The molecule has 0 saturated carbocycles. The standard InChI is InChI=1S/C18H30O5S/c1-14(24(19,20)21)22-11-12-23-16-9-7-15(8-10-16)18(5,6)13-17(2,3)4/h7-10,14H,11-13H2,1-6H3,(H,19,20,21). The largest absolute Gasteiger partial charge is 0.491 e. The van der Waals surface area contributed by atoms with Gasteiger partial charge in [-0.3, -0.25) is 4.55 Å². The maximum atomic E-state index is 10.8. The lowest BCUT2D eigenvalue weighted by molar-refractivity contribution is 0.0816. The van der Waals surface area contributed by atoms with Gasteiger partial charge in [0.2, 0.25) is 0 Å². The summed E-state index contributed by atoms with van der Waals surface area (Å²) < 4.78 is 41.0. The van der Waals surface area contributed by atoms with Crippen LogP contribution in [0.3, 0.4) is 0 Å². The first-order valence-corrected chi connectivity index (χ1v) is 9.63. The summed E-state index contributed by atoms with van der Waals surface area (Å²) in [4.78, 5) is 0. The smallest absolute Gasteiger partial charge is 0.291 e. The van der Waals surface area contributed by atoms with E-state index in [2.05, 4.69) is 46.8 Å². The molecule has 1 aromatic rings. The molecule has 1 aromatic carbocycles. The van der Waals surface area contributed by atoms with E-state index >= 15 is 0 Å². The van der Waals surface area contributed by atoms with Gasteiger partial charge >= 0.3 is 0 Å². The van der Waals surface area contributed by atoms with E-state index < -0.39 is 15.6 Å². The second-order valence-corrected chi connectivity index (χ2v) is 9.64. The van der Waals surface area contributed by atoms with Crippen LogP contribution in [0, 0.1) is 5.41 Å². The highest BCUT2D eigenvalue weighted by Gasteiger charge is 2.27. The van der Waals surface area contributed by atoms with E-state index in [-0.39, 0.29) is 24.0 Å². The molecule has 0 fully saturated rings.